The van der Waals surface area contributed by atoms with Crippen LogP contribution in [0, 0.1) is 0 Å². The van der Waals surface area contributed by atoms with Gasteiger partial charge in [0.2, 0.25) is 11.9 Å². The third kappa shape index (κ3) is 3.74. The highest BCUT2D eigenvalue weighted by molar-refractivity contribution is 6.00. The molecule has 2 atom stereocenters. The first-order valence-corrected chi connectivity index (χ1v) is 7.85. The van der Waals surface area contributed by atoms with Gasteiger partial charge in [-0.1, -0.05) is 12.1 Å². The molecule has 130 valence electrons. The van der Waals surface area contributed by atoms with Crippen molar-refractivity contribution in [3.8, 4) is 17.2 Å². The maximum absolute atomic E-state index is 12.4. The number of hydrogen-bond acceptors (Lipinski definition) is 6. The van der Waals surface area contributed by atoms with Crippen LogP contribution in [0.4, 0.5) is 0 Å². The topological polar surface area (TPSA) is 71.1 Å². The Morgan fingerprint density at radius 3 is 2.44 bits per heavy atom. The van der Waals surface area contributed by atoms with Gasteiger partial charge in [-0.15, -0.1) is 0 Å². The van der Waals surface area contributed by atoms with Crippen molar-refractivity contribution in [2.45, 2.75) is 19.1 Å². The molecule has 0 saturated carbocycles. The van der Waals surface area contributed by atoms with Crippen molar-refractivity contribution in [3.63, 3.8) is 0 Å². The Morgan fingerprint density at radius 1 is 1.08 bits per heavy atom. The first kappa shape index (κ1) is 16.8. The number of rotatable bonds is 5. The van der Waals surface area contributed by atoms with Gasteiger partial charge in [0.05, 0.1) is 7.11 Å². The number of para-hydroxylation sites is 2. The summed E-state index contributed by atoms with van der Waals surface area (Å²) in [5.74, 6) is 0.767. The molecule has 0 bridgehead atoms. The van der Waals surface area contributed by atoms with Crippen LogP contribution in [0.5, 0.6) is 17.2 Å². The molecule has 6 nitrogen and oxygen atoms in total. The maximum atomic E-state index is 12.4. The van der Waals surface area contributed by atoms with Crippen molar-refractivity contribution in [1.29, 1.82) is 0 Å². The summed E-state index contributed by atoms with van der Waals surface area (Å²) in [4.78, 5) is 24.6. The van der Waals surface area contributed by atoms with Gasteiger partial charge in [0.1, 0.15) is 12.4 Å². The number of hydrogen-bond donors (Lipinski definition) is 0. The van der Waals surface area contributed by atoms with Crippen molar-refractivity contribution in [2.24, 2.45) is 0 Å². The van der Waals surface area contributed by atoms with Gasteiger partial charge < -0.3 is 18.9 Å². The lowest BCUT2D eigenvalue weighted by Crippen LogP contribution is -2.40. The smallest absolute Gasteiger partial charge is 0.351 e. The number of carbonyl (C=O) groups excluding carboxylic acids is 2. The molecule has 1 heterocycles. The van der Waals surface area contributed by atoms with Gasteiger partial charge in [-0.2, -0.15) is 0 Å². The molecule has 1 aliphatic rings. The molecule has 0 fully saturated rings. The number of benzene rings is 2. The number of esters is 1. The molecule has 0 saturated heterocycles. The molecule has 2 aromatic carbocycles. The Balaban J connectivity index is 1.61. The van der Waals surface area contributed by atoms with Crippen molar-refractivity contribution >= 4 is 11.8 Å². The van der Waals surface area contributed by atoms with E-state index < -0.39 is 18.2 Å². The molecule has 25 heavy (non-hydrogen) atoms. The number of methoxy groups -OCH3 is 1. The van der Waals surface area contributed by atoms with Gasteiger partial charge in [-0.3, -0.25) is 4.79 Å². The Hall–Kier alpha value is -3.02. The zero-order chi connectivity index (χ0) is 17.8. The molecule has 0 N–H and O–H groups in total. The monoisotopic (exact) mass is 342 g/mol. The standard InChI is InChI=1S/C19H18O6/c1-12(18(20)13-7-9-14(22-2)10-8-13)24-19(21)17-11-23-15-5-3-4-6-16(15)25-17/h3-10,12,17H,11H2,1-2H3/t12-,17-/m0/s1. The Morgan fingerprint density at radius 2 is 1.76 bits per heavy atom. The first-order valence-electron chi connectivity index (χ1n) is 7.85. The van der Waals surface area contributed by atoms with E-state index in [0.29, 0.717) is 22.8 Å². The molecule has 0 aromatic heterocycles. The average Bonchev–Trinajstić information content (AvgIpc) is 2.67. The normalized spacial score (nSPS) is 16.6. The van der Waals surface area contributed by atoms with Crippen molar-refractivity contribution in [2.75, 3.05) is 13.7 Å². The van der Waals surface area contributed by atoms with Crippen LogP contribution in [0.2, 0.25) is 0 Å². The second kappa shape index (κ2) is 7.25. The van der Waals surface area contributed by atoms with Crippen LogP contribution in [-0.4, -0.2) is 37.7 Å². The van der Waals surface area contributed by atoms with Crippen molar-refractivity contribution < 1.29 is 28.5 Å². The van der Waals surface area contributed by atoms with Gasteiger partial charge in [0.25, 0.3) is 0 Å². The average molecular weight is 342 g/mol. The molecule has 1 aliphatic heterocycles. The molecular formula is C19H18O6. The predicted molar refractivity (Wildman–Crippen MR) is 89.2 cm³/mol. The third-order valence-electron chi connectivity index (χ3n) is 3.81. The molecule has 0 unspecified atom stereocenters. The number of ketones is 1. The summed E-state index contributed by atoms with van der Waals surface area (Å²) in [7, 11) is 1.55. The van der Waals surface area contributed by atoms with E-state index in [1.165, 1.54) is 6.92 Å². The lowest BCUT2D eigenvalue weighted by molar-refractivity contribution is -0.157. The minimum Gasteiger partial charge on any atom is -0.497 e. The molecule has 0 amide bonds. The fraction of sp³-hybridized carbons (Fsp3) is 0.263. The highest BCUT2D eigenvalue weighted by atomic mass is 16.6. The second-order valence-corrected chi connectivity index (χ2v) is 5.54. The lowest BCUT2D eigenvalue weighted by Gasteiger charge is -2.25. The number of Topliss-reactive ketones (excluding diaryl/α,β-unsaturated/α-hetero) is 1. The van der Waals surface area contributed by atoms with E-state index in [1.54, 1.807) is 49.6 Å². The van der Waals surface area contributed by atoms with Gasteiger partial charge in [0, 0.05) is 5.56 Å². The van der Waals surface area contributed by atoms with E-state index in [1.807, 2.05) is 6.07 Å². The Labute approximate surface area is 145 Å². The van der Waals surface area contributed by atoms with Crippen molar-refractivity contribution in [3.05, 3.63) is 54.1 Å². The fourth-order valence-electron chi connectivity index (χ4n) is 2.43. The van der Waals surface area contributed by atoms with E-state index >= 15 is 0 Å². The Kier molecular flexibility index (Phi) is 4.88. The van der Waals surface area contributed by atoms with Crippen molar-refractivity contribution in [1.82, 2.24) is 0 Å². The van der Waals surface area contributed by atoms with E-state index in [9.17, 15) is 9.59 Å². The Bertz CT molecular complexity index is 768. The van der Waals surface area contributed by atoms with E-state index in [0.717, 1.165) is 0 Å². The fourth-order valence-corrected chi connectivity index (χ4v) is 2.43. The summed E-state index contributed by atoms with van der Waals surface area (Å²) < 4.78 is 21.4. The van der Waals surface area contributed by atoms with Crippen LogP contribution in [0.3, 0.4) is 0 Å². The van der Waals surface area contributed by atoms with Crippen LogP contribution >= 0.6 is 0 Å². The summed E-state index contributed by atoms with van der Waals surface area (Å²) in [6, 6.07) is 13.7. The van der Waals surface area contributed by atoms with E-state index in [4.69, 9.17) is 18.9 Å². The van der Waals surface area contributed by atoms with Gasteiger partial charge in [-0.05, 0) is 43.3 Å². The molecule has 6 heteroatoms. The van der Waals surface area contributed by atoms with Gasteiger partial charge >= 0.3 is 5.97 Å². The van der Waals surface area contributed by atoms with Crippen LogP contribution < -0.4 is 14.2 Å². The van der Waals surface area contributed by atoms with Crippen LogP contribution in [0.1, 0.15) is 17.3 Å². The quantitative estimate of drug-likeness (QED) is 0.614. The third-order valence-corrected chi connectivity index (χ3v) is 3.81. The summed E-state index contributed by atoms with van der Waals surface area (Å²) in [6.07, 6.45) is -1.83. The summed E-state index contributed by atoms with van der Waals surface area (Å²) >= 11 is 0. The molecular weight excluding hydrogens is 324 g/mol. The summed E-state index contributed by atoms with van der Waals surface area (Å²) in [5, 5.41) is 0. The SMILES string of the molecule is COc1ccc(C(=O)[C@H](C)OC(=O)[C@@H]2COc3ccccc3O2)cc1. The van der Waals surface area contributed by atoms with Crippen LogP contribution in [0.25, 0.3) is 0 Å². The van der Waals surface area contributed by atoms with E-state index in [2.05, 4.69) is 0 Å². The summed E-state index contributed by atoms with van der Waals surface area (Å²) in [6.45, 7) is 1.57. The van der Waals surface area contributed by atoms with E-state index in [-0.39, 0.29) is 12.4 Å². The number of fused-ring (bicyclic) bond motifs is 1. The van der Waals surface area contributed by atoms with Gasteiger partial charge in [-0.25, -0.2) is 4.79 Å². The predicted octanol–water partition coefficient (Wildman–Crippen LogP) is 2.65. The largest absolute Gasteiger partial charge is 0.497 e. The highest BCUT2D eigenvalue weighted by Crippen LogP contribution is 2.31. The number of carbonyl (C=O) groups is 2. The highest BCUT2D eigenvalue weighted by Gasteiger charge is 2.31. The zero-order valence-corrected chi connectivity index (χ0v) is 13.9. The molecule has 2 aromatic rings. The maximum Gasteiger partial charge on any atom is 0.351 e. The zero-order valence-electron chi connectivity index (χ0n) is 13.9. The molecule has 0 aliphatic carbocycles. The molecule has 0 spiro atoms. The molecule has 0 radical (unpaired) electrons. The number of ether oxygens (including phenoxy) is 4. The lowest BCUT2D eigenvalue weighted by atomic mass is 10.1. The van der Waals surface area contributed by atoms with Gasteiger partial charge in [0.15, 0.2) is 17.6 Å². The molecule has 3 rings (SSSR count). The van der Waals surface area contributed by atoms with Crippen LogP contribution in [0.15, 0.2) is 48.5 Å². The minimum atomic E-state index is -0.929. The summed E-state index contributed by atoms with van der Waals surface area (Å²) in [5.41, 5.74) is 0.437. The van der Waals surface area contributed by atoms with Crippen LogP contribution in [-0.2, 0) is 9.53 Å². The second-order valence-electron chi connectivity index (χ2n) is 5.54. The minimum absolute atomic E-state index is 0.0410. The first-order chi connectivity index (χ1) is 12.1.